The molecule has 0 aromatic rings. The van der Waals surface area contributed by atoms with Crippen LogP contribution >= 0.6 is 0 Å². The van der Waals surface area contributed by atoms with Gasteiger partial charge in [0.05, 0.1) is 5.41 Å². The van der Waals surface area contributed by atoms with Crippen molar-refractivity contribution in [1.82, 2.24) is 5.32 Å². The van der Waals surface area contributed by atoms with Crippen molar-refractivity contribution in [1.29, 1.82) is 0 Å². The van der Waals surface area contributed by atoms with Gasteiger partial charge in [-0.3, -0.25) is 4.79 Å². The molecule has 3 rings (SSSR count). The first-order valence-electron chi connectivity index (χ1n) is 6.46. The molecular weight excluding hydrogens is 266 g/mol. The minimum absolute atomic E-state index is 0.294. The summed E-state index contributed by atoms with van der Waals surface area (Å²) in [4.78, 5) is 34.0. The third-order valence-electron chi connectivity index (χ3n) is 4.05. The number of hydrogen-bond acceptors (Lipinski definition) is 4. The molecule has 3 aliphatic rings. The third kappa shape index (κ3) is 2.21. The number of carbonyl (C=O) groups is 3. The summed E-state index contributed by atoms with van der Waals surface area (Å²) >= 11 is 0. The molecule has 2 bridgehead atoms. The molecule has 1 amide bonds. The second-order valence-corrected chi connectivity index (χ2v) is 6.90. The van der Waals surface area contributed by atoms with Gasteiger partial charge in [-0.2, -0.15) is 0 Å². The maximum Gasteiger partial charge on any atom is 0.408 e. The standard InChI is InChI=1S/C13H19NO6/c1-11(2,3)20-10(19)14-7(8(15)16)12-4-13(5-12,6-12)9(17)18/h7H,4-6H2,1-3H3,(H,14,19)(H,15,16)(H,17,18)/t7-,12?,13?/m0/s1. The molecule has 1 atom stereocenters. The molecule has 0 aliphatic heterocycles. The minimum atomic E-state index is -1.16. The Kier molecular flexibility index (Phi) is 3.00. The van der Waals surface area contributed by atoms with Crippen LogP contribution in [0.25, 0.3) is 0 Å². The van der Waals surface area contributed by atoms with Crippen LogP contribution < -0.4 is 5.32 Å². The van der Waals surface area contributed by atoms with E-state index in [4.69, 9.17) is 9.84 Å². The van der Waals surface area contributed by atoms with E-state index in [0.717, 1.165) is 0 Å². The molecule has 7 nitrogen and oxygen atoms in total. The number of carboxylic acid groups (broad SMARTS) is 2. The van der Waals surface area contributed by atoms with E-state index in [9.17, 15) is 19.5 Å². The van der Waals surface area contributed by atoms with Crippen molar-refractivity contribution in [2.75, 3.05) is 0 Å². The molecule has 0 unspecified atom stereocenters. The Labute approximate surface area is 116 Å². The molecule has 0 radical (unpaired) electrons. The molecule has 0 saturated heterocycles. The van der Waals surface area contributed by atoms with E-state index in [1.807, 2.05) is 0 Å². The van der Waals surface area contributed by atoms with Crippen molar-refractivity contribution in [2.45, 2.75) is 51.7 Å². The molecule has 3 aliphatic carbocycles. The Bertz CT molecular complexity index is 458. The highest BCUT2D eigenvalue weighted by molar-refractivity contribution is 5.85. The highest BCUT2D eigenvalue weighted by atomic mass is 16.6. The summed E-state index contributed by atoms with van der Waals surface area (Å²) in [6, 6.07) is -1.10. The van der Waals surface area contributed by atoms with E-state index in [2.05, 4.69) is 5.32 Å². The van der Waals surface area contributed by atoms with Gasteiger partial charge in [-0.05, 0) is 40.0 Å². The Balaban J connectivity index is 2.00. The number of carbonyl (C=O) groups excluding carboxylic acids is 1. The number of aliphatic carboxylic acids is 2. The quantitative estimate of drug-likeness (QED) is 0.715. The van der Waals surface area contributed by atoms with E-state index >= 15 is 0 Å². The van der Waals surface area contributed by atoms with Crippen molar-refractivity contribution in [3.8, 4) is 0 Å². The molecule has 7 heteroatoms. The summed E-state index contributed by atoms with van der Waals surface area (Å²) in [5, 5.41) is 20.6. The van der Waals surface area contributed by atoms with Crippen LogP contribution in [0.2, 0.25) is 0 Å². The Hall–Kier alpha value is -1.79. The van der Waals surface area contributed by atoms with Crippen LogP contribution in [0.15, 0.2) is 0 Å². The molecule has 3 N–H and O–H groups in total. The lowest BCUT2D eigenvalue weighted by Gasteiger charge is -2.69. The second-order valence-electron chi connectivity index (χ2n) is 6.90. The molecule has 0 aromatic carbocycles. The average molecular weight is 285 g/mol. The first-order valence-corrected chi connectivity index (χ1v) is 6.46. The predicted octanol–water partition coefficient (Wildman–Crippen LogP) is 1.22. The number of alkyl carbamates (subject to hydrolysis) is 1. The summed E-state index contributed by atoms with van der Waals surface area (Å²) in [6.07, 6.45) is 0.0887. The summed E-state index contributed by atoms with van der Waals surface area (Å²) in [5.74, 6) is -2.05. The highest BCUT2D eigenvalue weighted by Gasteiger charge is 2.75. The van der Waals surface area contributed by atoms with E-state index in [-0.39, 0.29) is 0 Å². The fourth-order valence-corrected chi connectivity index (χ4v) is 3.30. The smallest absolute Gasteiger partial charge is 0.408 e. The van der Waals surface area contributed by atoms with Crippen molar-refractivity contribution < 1.29 is 29.3 Å². The number of carboxylic acids is 2. The lowest BCUT2D eigenvalue weighted by Crippen LogP contribution is -2.74. The predicted molar refractivity (Wildman–Crippen MR) is 67.1 cm³/mol. The van der Waals surface area contributed by atoms with Gasteiger partial charge in [-0.15, -0.1) is 0 Å². The van der Waals surface area contributed by atoms with Crippen LogP contribution in [0.1, 0.15) is 40.0 Å². The first-order chi connectivity index (χ1) is 9.00. The van der Waals surface area contributed by atoms with Crippen molar-refractivity contribution in [3.05, 3.63) is 0 Å². The van der Waals surface area contributed by atoms with Gasteiger partial charge in [0.15, 0.2) is 0 Å². The van der Waals surface area contributed by atoms with Crippen molar-refractivity contribution in [2.24, 2.45) is 10.8 Å². The van der Waals surface area contributed by atoms with Gasteiger partial charge >= 0.3 is 18.0 Å². The monoisotopic (exact) mass is 285 g/mol. The van der Waals surface area contributed by atoms with Gasteiger partial charge in [-0.25, -0.2) is 9.59 Å². The molecule has 0 aromatic heterocycles. The SMILES string of the molecule is CC(C)(C)OC(=O)N[C@@H](C(=O)O)C12CC(C(=O)O)(C1)C2. The maximum absolute atomic E-state index is 11.7. The summed E-state index contributed by atoms with van der Waals surface area (Å²) in [5.41, 5.74) is -2.13. The van der Waals surface area contributed by atoms with Crippen LogP contribution in [0.5, 0.6) is 0 Å². The summed E-state index contributed by atoms with van der Waals surface area (Å²) < 4.78 is 5.04. The van der Waals surface area contributed by atoms with Crippen LogP contribution in [-0.4, -0.2) is 39.9 Å². The fraction of sp³-hybridized carbons (Fsp3) is 0.769. The van der Waals surface area contributed by atoms with E-state index in [1.165, 1.54) is 0 Å². The minimum Gasteiger partial charge on any atom is -0.481 e. The first kappa shape index (κ1) is 14.6. The molecule has 0 spiro atoms. The topological polar surface area (TPSA) is 113 Å². The third-order valence-corrected chi connectivity index (χ3v) is 4.05. The van der Waals surface area contributed by atoms with Gasteiger partial charge in [0.1, 0.15) is 11.6 Å². The maximum atomic E-state index is 11.7. The molecule has 112 valence electrons. The van der Waals surface area contributed by atoms with Gasteiger partial charge in [0, 0.05) is 5.41 Å². The Morgan fingerprint density at radius 1 is 1.15 bits per heavy atom. The second kappa shape index (κ2) is 4.10. The van der Waals surface area contributed by atoms with E-state index < -0.39 is 40.5 Å². The lowest BCUT2D eigenvalue weighted by molar-refractivity contribution is -0.234. The average Bonchev–Trinajstić information content (AvgIpc) is 2.07. The fourth-order valence-electron chi connectivity index (χ4n) is 3.30. The van der Waals surface area contributed by atoms with Crippen LogP contribution in [0.3, 0.4) is 0 Å². The summed E-state index contributed by atoms with van der Waals surface area (Å²) in [7, 11) is 0. The van der Waals surface area contributed by atoms with Gasteiger partial charge < -0.3 is 20.3 Å². The van der Waals surface area contributed by atoms with E-state index in [1.54, 1.807) is 20.8 Å². The Morgan fingerprint density at radius 2 is 1.65 bits per heavy atom. The molecule has 3 fully saturated rings. The van der Waals surface area contributed by atoms with Crippen LogP contribution in [0.4, 0.5) is 4.79 Å². The summed E-state index contributed by atoms with van der Waals surface area (Å²) in [6.45, 7) is 5.05. The molecule has 20 heavy (non-hydrogen) atoms. The molecular formula is C13H19NO6. The lowest BCUT2D eigenvalue weighted by atomic mass is 9.33. The normalized spacial score (nSPS) is 32.4. The number of rotatable bonds is 4. The van der Waals surface area contributed by atoms with Crippen LogP contribution in [-0.2, 0) is 14.3 Å². The zero-order valence-electron chi connectivity index (χ0n) is 11.7. The molecule has 0 heterocycles. The highest BCUT2D eigenvalue weighted by Crippen LogP contribution is 2.74. The van der Waals surface area contributed by atoms with Crippen molar-refractivity contribution in [3.63, 3.8) is 0 Å². The number of amides is 1. The zero-order valence-corrected chi connectivity index (χ0v) is 11.7. The van der Waals surface area contributed by atoms with Crippen LogP contribution in [0, 0.1) is 10.8 Å². The van der Waals surface area contributed by atoms with Gasteiger partial charge in [0.25, 0.3) is 0 Å². The van der Waals surface area contributed by atoms with Gasteiger partial charge in [-0.1, -0.05) is 0 Å². The molecule has 3 saturated carbocycles. The number of hydrogen-bond donors (Lipinski definition) is 3. The van der Waals surface area contributed by atoms with Crippen molar-refractivity contribution >= 4 is 18.0 Å². The Morgan fingerprint density at radius 3 is 2.00 bits per heavy atom. The zero-order chi connectivity index (χ0) is 15.3. The number of nitrogens with one attached hydrogen (secondary N) is 1. The van der Waals surface area contributed by atoms with Gasteiger partial charge in [0.2, 0.25) is 0 Å². The largest absolute Gasteiger partial charge is 0.481 e. The number of ether oxygens (including phenoxy) is 1. The van der Waals surface area contributed by atoms with E-state index in [0.29, 0.717) is 19.3 Å².